The Balaban J connectivity index is 2.12. The molecule has 0 unspecified atom stereocenters. The third kappa shape index (κ3) is 5.30. The van der Waals surface area contributed by atoms with Crippen molar-refractivity contribution in [2.75, 3.05) is 6.61 Å². The Bertz CT molecular complexity index is 841. The zero-order chi connectivity index (χ0) is 18.2. The number of nitrogens with zero attached hydrogens (tertiary/aromatic N) is 1. The van der Waals surface area contributed by atoms with Crippen molar-refractivity contribution in [1.82, 2.24) is 0 Å². The smallest absolute Gasteiger partial charge is 0.259 e. The van der Waals surface area contributed by atoms with Gasteiger partial charge in [0.2, 0.25) is 0 Å². The lowest BCUT2D eigenvalue weighted by molar-refractivity contribution is -0.114. The van der Waals surface area contributed by atoms with Gasteiger partial charge < -0.3 is 15.6 Å². The first kappa shape index (κ1) is 18.4. The van der Waals surface area contributed by atoms with E-state index in [9.17, 15) is 9.90 Å². The number of phenolic OH excluding ortho intramolecular Hbond substituents is 1. The van der Waals surface area contributed by atoms with Crippen molar-refractivity contribution in [3.05, 3.63) is 59.2 Å². The highest BCUT2D eigenvalue weighted by Gasteiger charge is 2.06. The number of nitriles is 1. The minimum Gasteiger partial charge on any atom is -0.504 e. The maximum absolute atomic E-state index is 11.1. The van der Waals surface area contributed by atoms with E-state index in [1.54, 1.807) is 30.0 Å². The lowest BCUT2D eigenvalue weighted by atomic mass is 10.1. The van der Waals surface area contributed by atoms with Gasteiger partial charge in [-0.15, -0.1) is 11.8 Å². The fourth-order valence-corrected chi connectivity index (χ4v) is 2.99. The lowest BCUT2D eigenvalue weighted by Crippen LogP contribution is -2.12. The number of hydrogen-bond acceptors (Lipinski definition) is 5. The van der Waals surface area contributed by atoms with E-state index in [2.05, 4.69) is 0 Å². The fourth-order valence-electron chi connectivity index (χ4n) is 2.12. The molecule has 0 aliphatic heterocycles. The Morgan fingerprint density at radius 3 is 2.84 bits per heavy atom. The molecule has 0 saturated carbocycles. The van der Waals surface area contributed by atoms with E-state index >= 15 is 0 Å². The molecule has 2 aromatic rings. The monoisotopic (exact) mass is 354 g/mol. The number of hydrogen-bond donors (Lipinski definition) is 2. The normalized spacial score (nSPS) is 11.0. The molecular weight excluding hydrogens is 336 g/mol. The predicted octanol–water partition coefficient (Wildman–Crippen LogP) is 3.48. The van der Waals surface area contributed by atoms with Gasteiger partial charge in [0, 0.05) is 10.6 Å². The summed E-state index contributed by atoms with van der Waals surface area (Å²) < 4.78 is 5.38. The van der Waals surface area contributed by atoms with E-state index in [1.807, 2.05) is 37.3 Å². The SMILES string of the molecule is CCOc1cc(SCc2cccc(C=C(C#N)C(N)=O)c2)ccc1O. The summed E-state index contributed by atoms with van der Waals surface area (Å²) in [6.07, 6.45) is 1.48. The van der Waals surface area contributed by atoms with Gasteiger partial charge in [-0.05, 0) is 42.3 Å². The maximum atomic E-state index is 11.1. The summed E-state index contributed by atoms with van der Waals surface area (Å²) in [5.41, 5.74) is 6.85. The van der Waals surface area contributed by atoms with E-state index in [0.717, 1.165) is 16.0 Å². The van der Waals surface area contributed by atoms with Gasteiger partial charge in [-0.3, -0.25) is 4.79 Å². The number of carbonyl (C=O) groups excluding carboxylic acids is 1. The molecule has 6 heteroatoms. The predicted molar refractivity (Wildman–Crippen MR) is 98.1 cm³/mol. The van der Waals surface area contributed by atoms with Crippen LogP contribution in [0.3, 0.4) is 0 Å². The minimum absolute atomic E-state index is 0.0790. The average Bonchev–Trinajstić information content (AvgIpc) is 2.60. The second-order valence-electron chi connectivity index (χ2n) is 5.13. The second-order valence-corrected chi connectivity index (χ2v) is 6.18. The van der Waals surface area contributed by atoms with E-state index in [0.29, 0.717) is 18.1 Å². The highest BCUT2D eigenvalue weighted by molar-refractivity contribution is 7.98. The molecule has 0 saturated heterocycles. The molecule has 0 fully saturated rings. The minimum atomic E-state index is -0.741. The van der Waals surface area contributed by atoms with Crippen LogP contribution in [0.2, 0.25) is 0 Å². The first-order chi connectivity index (χ1) is 12.0. The molecule has 0 radical (unpaired) electrons. The molecule has 2 rings (SSSR count). The van der Waals surface area contributed by atoms with Crippen molar-refractivity contribution < 1.29 is 14.6 Å². The average molecular weight is 354 g/mol. The van der Waals surface area contributed by atoms with E-state index in [-0.39, 0.29) is 11.3 Å². The van der Waals surface area contributed by atoms with Crippen LogP contribution >= 0.6 is 11.8 Å². The molecule has 0 heterocycles. The van der Waals surface area contributed by atoms with Crippen LogP contribution in [-0.4, -0.2) is 17.6 Å². The molecule has 25 heavy (non-hydrogen) atoms. The van der Waals surface area contributed by atoms with Crippen molar-refractivity contribution in [3.63, 3.8) is 0 Å². The fraction of sp³-hybridized carbons (Fsp3) is 0.158. The number of phenols is 1. The van der Waals surface area contributed by atoms with Gasteiger partial charge in [0.05, 0.1) is 6.61 Å². The first-order valence-corrected chi connectivity index (χ1v) is 8.61. The zero-order valence-corrected chi connectivity index (χ0v) is 14.5. The summed E-state index contributed by atoms with van der Waals surface area (Å²) in [6, 6.07) is 14.6. The Morgan fingerprint density at radius 2 is 2.16 bits per heavy atom. The molecule has 0 atom stereocenters. The van der Waals surface area contributed by atoms with Crippen LogP contribution in [0.4, 0.5) is 0 Å². The van der Waals surface area contributed by atoms with Crippen molar-refractivity contribution >= 4 is 23.7 Å². The van der Waals surface area contributed by atoms with E-state index in [1.165, 1.54) is 6.08 Å². The van der Waals surface area contributed by atoms with Crippen molar-refractivity contribution in [2.24, 2.45) is 5.73 Å². The first-order valence-electron chi connectivity index (χ1n) is 7.62. The molecule has 2 aromatic carbocycles. The third-order valence-corrected chi connectivity index (χ3v) is 4.35. The second kappa shape index (κ2) is 8.81. The van der Waals surface area contributed by atoms with Gasteiger partial charge in [-0.1, -0.05) is 24.3 Å². The standard InChI is InChI=1S/C19H18N2O3S/c1-2-24-18-10-16(6-7-17(18)22)25-12-14-5-3-4-13(8-14)9-15(11-20)19(21)23/h3-10,22H,2,12H2,1H3,(H2,21,23). The van der Waals surface area contributed by atoms with Crippen LogP contribution in [-0.2, 0) is 10.5 Å². The van der Waals surface area contributed by atoms with Crippen LogP contribution in [0.1, 0.15) is 18.1 Å². The Morgan fingerprint density at radius 1 is 1.36 bits per heavy atom. The lowest BCUT2D eigenvalue weighted by Gasteiger charge is -2.08. The summed E-state index contributed by atoms with van der Waals surface area (Å²) >= 11 is 1.59. The maximum Gasteiger partial charge on any atom is 0.259 e. The quantitative estimate of drug-likeness (QED) is 0.451. The molecule has 0 aliphatic carbocycles. The summed E-state index contributed by atoms with van der Waals surface area (Å²) in [7, 11) is 0. The van der Waals surface area contributed by atoms with Gasteiger partial charge >= 0.3 is 0 Å². The van der Waals surface area contributed by atoms with Crippen LogP contribution in [0.15, 0.2) is 52.9 Å². The molecule has 128 valence electrons. The van der Waals surface area contributed by atoms with Crippen LogP contribution < -0.4 is 10.5 Å². The van der Waals surface area contributed by atoms with Gasteiger partial charge in [0.15, 0.2) is 11.5 Å². The molecule has 0 aromatic heterocycles. The van der Waals surface area contributed by atoms with E-state index < -0.39 is 5.91 Å². The summed E-state index contributed by atoms with van der Waals surface area (Å²) in [4.78, 5) is 12.1. The number of carbonyl (C=O) groups is 1. The van der Waals surface area contributed by atoms with E-state index in [4.69, 9.17) is 15.7 Å². The number of thioether (sulfide) groups is 1. The topological polar surface area (TPSA) is 96.3 Å². The van der Waals surface area contributed by atoms with Crippen LogP contribution in [0.25, 0.3) is 6.08 Å². The van der Waals surface area contributed by atoms with Gasteiger partial charge in [0.1, 0.15) is 11.6 Å². The summed E-state index contributed by atoms with van der Waals surface area (Å²) in [5, 5.41) is 18.7. The summed E-state index contributed by atoms with van der Waals surface area (Å²) in [6.45, 7) is 2.34. The molecule has 3 N–H and O–H groups in total. The van der Waals surface area contributed by atoms with Gasteiger partial charge in [0.25, 0.3) is 5.91 Å². The number of aromatic hydroxyl groups is 1. The number of amides is 1. The Hall–Kier alpha value is -2.91. The third-order valence-electron chi connectivity index (χ3n) is 3.28. The van der Waals surface area contributed by atoms with Crippen LogP contribution in [0.5, 0.6) is 11.5 Å². The van der Waals surface area contributed by atoms with Gasteiger partial charge in [-0.2, -0.15) is 5.26 Å². The Labute approximate surface area is 150 Å². The number of benzene rings is 2. The highest BCUT2D eigenvalue weighted by atomic mass is 32.2. The van der Waals surface area contributed by atoms with Crippen molar-refractivity contribution in [1.29, 1.82) is 5.26 Å². The molecule has 5 nitrogen and oxygen atoms in total. The van der Waals surface area contributed by atoms with Crippen molar-refractivity contribution in [2.45, 2.75) is 17.6 Å². The van der Waals surface area contributed by atoms with Crippen molar-refractivity contribution in [3.8, 4) is 17.6 Å². The zero-order valence-electron chi connectivity index (χ0n) is 13.7. The molecular formula is C19H18N2O3S. The molecule has 0 bridgehead atoms. The highest BCUT2D eigenvalue weighted by Crippen LogP contribution is 2.32. The van der Waals surface area contributed by atoms with Crippen LogP contribution in [0, 0.1) is 11.3 Å². The Kier molecular flexibility index (Phi) is 6.49. The number of rotatable bonds is 7. The summed E-state index contributed by atoms with van der Waals surface area (Å²) in [5.74, 6) is 0.532. The van der Waals surface area contributed by atoms with Gasteiger partial charge in [-0.25, -0.2) is 0 Å². The molecule has 0 aliphatic rings. The largest absolute Gasteiger partial charge is 0.504 e. The number of primary amides is 1. The molecule has 1 amide bonds. The molecule has 0 spiro atoms. The number of nitrogens with two attached hydrogens (primary N) is 1. The number of ether oxygens (including phenoxy) is 1.